The van der Waals surface area contributed by atoms with Crippen LogP contribution in [-0.4, -0.2) is 42.0 Å². The van der Waals surface area contributed by atoms with E-state index in [1.165, 1.54) is 0 Å². The van der Waals surface area contributed by atoms with Gasteiger partial charge in [-0.25, -0.2) is 27.1 Å². The maximum atomic E-state index is 15.5. The molecule has 0 bridgehead atoms. The standard InChI is InChI=1S/C25H28F2N4O4S.ClH/c1-14-20(36(33,34)21(11-29-14)15-6-4-3-5-7-15)9-16-8-19(27)17(10-18(16)26)25(12-24(2,28)13-25)22-30-31-23(32)35-22;/h3-8,10,14,20-21,29H,9,11-13,28H2,1-2H3,(H,31,32);1H/t14-,20?,21-,24?,25?;/m0./s1. The molecule has 2 fully saturated rings. The summed E-state index contributed by atoms with van der Waals surface area (Å²) in [6.07, 6.45) is 0.197. The Morgan fingerprint density at radius 2 is 1.84 bits per heavy atom. The second-order valence-corrected chi connectivity index (χ2v) is 12.7. The summed E-state index contributed by atoms with van der Waals surface area (Å²) in [6, 6.07) is 10.5. The number of halogens is 3. The number of nitrogens with two attached hydrogens (primary N) is 1. The van der Waals surface area contributed by atoms with Crippen LogP contribution in [0.1, 0.15) is 54.5 Å². The second kappa shape index (κ2) is 9.61. The third-order valence-corrected chi connectivity index (χ3v) is 10.2. The number of sulfone groups is 1. The number of aromatic nitrogens is 2. The van der Waals surface area contributed by atoms with E-state index < -0.39 is 54.7 Å². The fourth-order valence-electron chi connectivity index (χ4n) is 5.85. The van der Waals surface area contributed by atoms with Gasteiger partial charge in [0.1, 0.15) is 11.6 Å². The SMILES string of the molecule is C[C@@H]1NC[C@@H](c2ccccc2)S(=O)(=O)C1Cc1cc(F)c(C2(c3n[nH]c(=O)o3)CC(C)(N)C2)cc1F.Cl. The summed E-state index contributed by atoms with van der Waals surface area (Å²) in [5.74, 6) is -2.33. The fraction of sp³-hybridized carbons (Fsp3) is 0.440. The van der Waals surface area contributed by atoms with Gasteiger partial charge in [0.15, 0.2) is 9.84 Å². The van der Waals surface area contributed by atoms with E-state index in [4.69, 9.17) is 10.2 Å². The van der Waals surface area contributed by atoms with E-state index >= 15 is 8.78 Å². The van der Waals surface area contributed by atoms with E-state index in [2.05, 4.69) is 15.5 Å². The van der Waals surface area contributed by atoms with Gasteiger partial charge in [-0.05, 0) is 56.4 Å². The zero-order chi connectivity index (χ0) is 25.9. The van der Waals surface area contributed by atoms with Crippen molar-refractivity contribution in [3.8, 4) is 0 Å². The summed E-state index contributed by atoms with van der Waals surface area (Å²) in [7, 11) is -3.71. The van der Waals surface area contributed by atoms with Gasteiger partial charge in [-0.15, -0.1) is 17.5 Å². The molecule has 5 rings (SSSR count). The molecular formula is C25H29ClF2N4O4S. The molecule has 4 N–H and O–H groups in total. The van der Waals surface area contributed by atoms with Gasteiger partial charge < -0.3 is 15.5 Å². The van der Waals surface area contributed by atoms with Crippen molar-refractivity contribution in [1.29, 1.82) is 0 Å². The molecule has 1 saturated carbocycles. The Labute approximate surface area is 219 Å². The van der Waals surface area contributed by atoms with Crippen LogP contribution < -0.4 is 16.8 Å². The summed E-state index contributed by atoms with van der Waals surface area (Å²) >= 11 is 0. The number of hydrogen-bond acceptors (Lipinski definition) is 7. The molecule has 1 aliphatic heterocycles. The molecule has 0 amide bonds. The number of H-pyrrole nitrogens is 1. The molecule has 0 spiro atoms. The van der Waals surface area contributed by atoms with Crippen molar-refractivity contribution in [3.05, 3.63) is 87.2 Å². The molecule has 8 nitrogen and oxygen atoms in total. The number of hydrogen-bond donors (Lipinski definition) is 3. The minimum atomic E-state index is -3.71. The average Bonchev–Trinajstić information content (AvgIpc) is 3.23. The normalized spacial score (nSPS) is 30.8. The van der Waals surface area contributed by atoms with Gasteiger partial charge in [0, 0.05) is 23.7 Å². The Kier molecular flexibility index (Phi) is 7.13. The van der Waals surface area contributed by atoms with Gasteiger partial charge >= 0.3 is 5.76 Å². The molecule has 1 aliphatic carbocycles. The monoisotopic (exact) mass is 554 g/mol. The van der Waals surface area contributed by atoms with E-state index in [0.29, 0.717) is 5.56 Å². The summed E-state index contributed by atoms with van der Waals surface area (Å²) < 4.78 is 63.2. The van der Waals surface area contributed by atoms with Gasteiger partial charge in [0.25, 0.3) is 0 Å². The summed E-state index contributed by atoms with van der Waals surface area (Å²) in [5, 5.41) is 7.52. The molecule has 3 atom stereocenters. The number of rotatable bonds is 5. The number of aromatic amines is 1. The van der Waals surface area contributed by atoms with Crippen LogP contribution in [0.3, 0.4) is 0 Å². The van der Waals surface area contributed by atoms with Crippen molar-refractivity contribution >= 4 is 22.2 Å². The molecule has 3 aromatic rings. The zero-order valence-electron chi connectivity index (χ0n) is 20.3. The molecule has 2 aromatic carbocycles. The van der Waals surface area contributed by atoms with E-state index in [1.807, 2.05) is 6.07 Å². The van der Waals surface area contributed by atoms with Gasteiger partial charge in [-0.1, -0.05) is 30.3 Å². The molecule has 2 heterocycles. The van der Waals surface area contributed by atoms with Crippen molar-refractivity contribution in [3.63, 3.8) is 0 Å². The molecular weight excluding hydrogens is 526 g/mol. The first-order valence-electron chi connectivity index (χ1n) is 11.8. The predicted octanol–water partition coefficient (Wildman–Crippen LogP) is 2.92. The summed E-state index contributed by atoms with van der Waals surface area (Å²) in [5.41, 5.74) is 4.89. The van der Waals surface area contributed by atoms with E-state index in [-0.39, 0.29) is 55.2 Å². The van der Waals surface area contributed by atoms with Crippen LogP contribution in [0.25, 0.3) is 0 Å². The number of nitrogens with zero attached hydrogens (tertiary/aromatic N) is 1. The molecule has 12 heteroatoms. The largest absolute Gasteiger partial charge is 0.434 e. The average molecular weight is 555 g/mol. The van der Waals surface area contributed by atoms with E-state index in [9.17, 15) is 13.2 Å². The van der Waals surface area contributed by atoms with Crippen molar-refractivity contribution in [1.82, 2.24) is 15.5 Å². The predicted molar refractivity (Wildman–Crippen MR) is 136 cm³/mol. The minimum Gasteiger partial charge on any atom is -0.391 e. The summed E-state index contributed by atoms with van der Waals surface area (Å²) in [4.78, 5) is 11.6. The first-order chi connectivity index (χ1) is 16.9. The Bertz CT molecular complexity index is 1450. The quantitative estimate of drug-likeness (QED) is 0.442. The Morgan fingerprint density at radius 1 is 1.16 bits per heavy atom. The van der Waals surface area contributed by atoms with Crippen LogP contribution in [0, 0.1) is 11.6 Å². The molecule has 200 valence electrons. The van der Waals surface area contributed by atoms with E-state index in [0.717, 1.165) is 12.1 Å². The van der Waals surface area contributed by atoms with Crippen molar-refractivity contribution in [2.24, 2.45) is 5.73 Å². The van der Waals surface area contributed by atoms with Gasteiger partial charge in [0.05, 0.1) is 15.9 Å². The molecule has 1 saturated heterocycles. The topological polar surface area (TPSA) is 131 Å². The third kappa shape index (κ3) is 4.73. The van der Waals surface area contributed by atoms with Crippen LogP contribution in [0.5, 0.6) is 0 Å². The Hall–Kier alpha value is -2.60. The van der Waals surface area contributed by atoms with Crippen LogP contribution >= 0.6 is 12.4 Å². The van der Waals surface area contributed by atoms with Crippen LogP contribution in [0.2, 0.25) is 0 Å². The first-order valence-corrected chi connectivity index (χ1v) is 13.4. The summed E-state index contributed by atoms with van der Waals surface area (Å²) in [6.45, 7) is 3.75. The van der Waals surface area contributed by atoms with Crippen LogP contribution in [-0.2, 0) is 21.7 Å². The highest BCUT2D eigenvalue weighted by Gasteiger charge is 2.57. The second-order valence-electron chi connectivity index (χ2n) is 10.4. The van der Waals surface area contributed by atoms with Crippen molar-refractivity contribution in [2.75, 3.05) is 6.54 Å². The molecule has 1 unspecified atom stereocenters. The number of nitrogens with one attached hydrogen (secondary N) is 2. The maximum absolute atomic E-state index is 15.5. The van der Waals surface area contributed by atoms with Gasteiger partial charge in [0.2, 0.25) is 5.89 Å². The van der Waals surface area contributed by atoms with Crippen LogP contribution in [0.15, 0.2) is 51.7 Å². The fourth-order valence-corrected chi connectivity index (χ4v) is 8.21. The first kappa shape index (κ1) is 27.4. The lowest BCUT2D eigenvalue weighted by Gasteiger charge is -2.51. The molecule has 37 heavy (non-hydrogen) atoms. The van der Waals surface area contributed by atoms with E-state index in [1.54, 1.807) is 38.1 Å². The highest BCUT2D eigenvalue weighted by molar-refractivity contribution is 7.92. The van der Waals surface area contributed by atoms with Crippen molar-refractivity contribution < 1.29 is 21.6 Å². The Morgan fingerprint density at radius 3 is 2.43 bits per heavy atom. The smallest absolute Gasteiger partial charge is 0.391 e. The highest BCUT2D eigenvalue weighted by Crippen LogP contribution is 2.53. The van der Waals surface area contributed by atoms with Crippen molar-refractivity contribution in [2.45, 2.75) is 60.6 Å². The van der Waals surface area contributed by atoms with Gasteiger partial charge in [-0.3, -0.25) is 0 Å². The zero-order valence-corrected chi connectivity index (χ0v) is 22.0. The Balaban J connectivity index is 0.00000320. The number of benzene rings is 2. The lowest BCUT2D eigenvalue weighted by molar-refractivity contribution is 0.121. The van der Waals surface area contributed by atoms with Gasteiger partial charge in [-0.2, -0.15) is 0 Å². The lowest BCUT2D eigenvalue weighted by atomic mass is 9.55. The van der Waals surface area contributed by atoms with Crippen LogP contribution in [0.4, 0.5) is 8.78 Å². The highest BCUT2D eigenvalue weighted by atomic mass is 35.5. The minimum absolute atomic E-state index is 0. The molecule has 0 radical (unpaired) electrons. The third-order valence-electron chi connectivity index (χ3n) is 7.50. The molecule has 2 aliphatic rings. The maximum Gasteiger partial charge on any atom is 0.434 e. The lowest BCUT2D eigenvalue weighted by Crippen LogP contribution is -2.59. The molecule has 1 aromatic heterocycles.